The van der Waals surface area contributed by atoms with E-state index in [1.807, 2.05) is 38.1 Å². The van der Waals surface area contributed by atoms with Gasteiger partial charge in [-0.2, -0.15) is 0 Å². The number of aryl methyl sites for hydroxylation is 1. The summed E-state index contributed by atoms with van der Waals surface area (Å²) in [6.07, 6.45) is 2.79. The molecule has 152 valence electrons. The van der Waals surface area contributed by atoms with E-state index in [2.05, 4.69) is 16.0 Å². The number of anilines is 2. The fourth-order valence-electron chi connectivity index (χ4n) is 2.70. The van der Waals surface area contributed by atoms with Gasteiger partial charge in [-0.3, -0.25) is 14.9 Å². The lowest BCUT2D eigenvalue weighted by Crippen LogP contribution is -2.34. The fourth-order valence-corrected chi connectivity index (χ4v) is 2.91. The van der Waals surface area contributed by atoms with Gasteiger partial charge in [0.15, 0.2) is 5.11 Å². The van der Waals surface area contributed by atoms with Gasteiger partial charge in [-0.15, -0.1) is 0 Å². The van der Waals surface area contributed by atoms with E-state index in [4.69, 9.17) is 17.0 Å². The Morgan fingerprint density at radius 3 is 2.66 bits per heavy atom. The lowest BCUT2D eigenvalue weighted by atomic mass is 10.1. The molecule has 0 saturated heterocycles. The Bertz CT molecular complexity index is 925. The van der Waals surface area contributed by atoms with Crippen molar-refractivity contribution in [2.45, 2.75) is 33.1 Å². The first-order chi connectivity index (χ1) is 14.0. The van der Waals surface area contributed by atoms with Crippen molar-refractivity contribution in [3.8, 4) is 5.75 Å². The van der Waals surface area contributed by atoms with E-state index in [1.165, 1.54) is 0 Å². The van der Waals surface area contributed by atoms with Crippen molar-refractivity contribution in [2.75, 3.05) is 17.2 Å². The van der Waals surface area contributed by atoms with Crippen molar-refractivity contribution in [3.05, 3.63) is 53.6 Å². The first-order valence-electron chi connectivity index (χ1n) is 9.73. The number of thiocarbonyl (C=S) groups is 1. The molecule has 0 spiro atoms. The molecule has 0 bridgehead atoms. The summed E-state index contributed by atoms with van der Waals surface area (Å²) in [6.45, 7) is 4.55. The second-order valence-electron chi connectivity index (χ2n) is 7.08. The highest BCUT2D eigenvalue weighted by Crippen LogP contribution is 2.31. The number of carbonyl (C=O) groups is 2. The molecule has 0 radical (unpaired) electrons. The van der Waals surface area contributed by atoms with Gasteiger partial charge in [-0.25, -0.2) is 0 Å². The molecule has 0 unspecified atom stereocenters. The maximum absolute atomic E-state index is 12.5. The SMILES string of the molecule is CCCOc1cccc(C(=O)NC(=S)Nc2ccc(C)c(NC(=O)C3CC3)c2)c1. The van der Waals surface area contributed by atoms with E-state index in [1.54, 1.807) is 18.2 Å². The highest BCUT2D eigenvalue weighted by molar-refractivity contribution is 7.80. The lowest BCUT2D eigenvalue weighted by Gasteiger charge is -2.13. The highest BCUT2D eigenvalue weighted by atomic mass is 32.1. The Hall–Kier alpha value is -2.93. The smallest absolute Gasteiger partial charge is 0.257 e. The molecule has 0 aliphatic heterocycles. The largest absolute Gasteiger partial charge is 0.494 e. The molecule has 0 atom stereocenters. The molecule has 1 saturated carbocycles. The van der Waals surface area contributed by atoms with Crippen LogP contribution in [0.3, 0.4) is 0 Å². The molecule has 2 aromatic rings. The summed E-state index contributed by atoms with van der Waals surface area (Å²) in [6, 6.07) is 12.5. The maximum Gasteiger partial charge on any atom is 0.257 e. The van der Waals surface area contributed by atoms with Crippen LogP contribution in [0.1, 0.15) is 42.1 Å². The highest BCUT2D eigenvalue weighted by Gasteiger charge is 2.29. The van der Waals surface area contributed by atoms with E-state index in [-0.39, 0.29) is 22.8 Å². The molecule has 3 N–H and O–H groups in total. The normalized spacial score (nSPS) is 12.8. The van der Waals surface area contributed by atoms with Gasteiger partial charge in [0.25, 0.3) is 5.91 Å². The molecule has 2 aromatic carbocycles. The molecule has 0 heterocycles. The summed E-state index contributed by atoms with van der Waals surface area (Å²) in [5, 5.41) is 8.79. The lowest BCUT2D eigenvalue weighted by molar-refractivity contribution is -0.117. The summed E-state index contributed by atoms with van der Waals surface area (Å²) in [5.41, 5.74) is 2.85. The number of amides is 2. The Kier molecular flexibility index (Phi) is 6.82. The fraction of sp³-hybridized carbons (Fsp3) is 0.318. The second kappa shape index (κ2) is 9.52. The summed E-state index contributed by atoms with van der Waals surface area (Å²) < 4.78 is 5.56. The first kappa shape index (κ1) is 20.8. The molecular weight excluding hydrogens is 386 g/mol. The molecule has 0 aromatic heterocycles. The van der Waals surface area contributed by atoms with E-state index < -0.39 is 0 Å². The van der Waals surface area contributed by atoms with Crippen LogP contribution in [-0.4, -0.2) is 23.5 Å². The number of carbonyl (C=O) groups excluding carboxylic acids is 2. The molecule has 7 heteroatoms. The maximum atomic E-state index is 12.5. The van der Waals surface area contributed by atoms with Crippen LogP contribution in [-0.2, 0) is 4.79 Å². The third kappa shape index (κ3) is 6.02. The van der Waals surface area contributed by atoms with Gasteiger partial charge >= 0.3 is 0 Å². The molecule has 29 heavy (non-hydrogen) atoms. The predicted molar refractivity (Wildman–Crippen MR) is 118 cm³/mol. The average molecular weight is 412 g/mol. The molecule has 1 fully saturated rings. The van der Waals surface area contributed by atoms with Crippen LogP contribution < -0.4 is 20.7 Å². The second-order valence-corrected chi connectivity index (χ2v) is 7.49. The van der Waals surface area contributed by atoms with Gasteiger partial charge in [0.2, 0.25) is 5.91 Å². The van der Waals surface area contributed by atoms with E-state index in [0.717, 1.165) is 30.5 Å². The van der Waals surface area contributed by atoms with Crippen LogP contribution in [0.2, 0.25) is 0 Å². The Labute approximate surface area is 176 Å². The molecule has 3 rings (SSSR count). The Balaban J connectivity index is 1.60. The van der Waals surface area contributed by atoms with Crippen molar-refractivity contribution >= 4 is 40.5 Å². The monoisotopic (exact) mass is 411 g/mol. The standard InChI is InChI=1S/C22H25N3O3S/c1-3-11-28-18-6-4-5-16(12-18)21(27)25-22(29)23-17-10-7-14(2)19(13-17)24-20(26)15-8-9-15/h4-7,10,12-13,15H,3,8-9,11H2,1-2H3,(H,24,26)(H2,23,25,27,29). The molecule has 2 amide bonds. The summed E-state index contributed by atoms with van der Waals surface area (Å²) in [7, 11) is 0. The van der Waals surface area contributed by atoms with Gasteiger partial charge in [0.05, 0.1) is 6.61 Å². The van der Waals surface area contributed by atoms with Crippen LogP contribution >= 0.6 is 12.2 Å². The van der Waals surface area contributed by atoms with Crippen molar-refractivity contribution in [1.82, 2.24) is 5.32 Å². The quantitative estimate of drug-likeness (QED) is 0.594. The number of rotatable bonds is 7. The van der Waals surface area contributed by atoms with Crippen LogP contribution in [0.5, 0.6) is 5.75 Å². The topological polar surface area (TPSA) is 79.5 Å². The summed E-state index contributed by atoms with van der Waals surface area (Å²) >= 11 is 5.27. The predicted octanol–water partition coefficient (Wildman–Crippen LogP) is 4.26. The van der Waals surface area contributed by atoms with Gasteiger partial charge in [-0.1, -0.05) is 19.1 Å². The minimum atomic E-state index is -0.321. The average Bonchev–Trinajstić information content (AvgIpc) is 3.54. The molecular formula is C22H25N3O3S. The Morgan fingerprint density at radius 2 is 1.93 bits per heavy atom. The number of ether oxygens (including phenoxy) is 1. The van der Waals surface area contributed by atoms with Gasteiger partial charge in [0, 0.05) is 22.9 Å². The summed E-state index contributed by atoms with van der Waals surface area (Å²) in [5.74, 6) is 0.501. The number of hydrogen-bond acceptors (Lipinski definition) is 4. The zero-order chi connectivity index (χ0) is 20.8. The van der Waals surface area contributed by atoms with Crippen LogP contribution in [0.4, 0.5) is 11.4 Å². The van der Waals surface area contributed by atoms with Gasteiger partial charge < -0.3 is 15.4 Å². The third-order valence-corrected chi connectivity index (χ3v) is 4.70. The van der Waals surface area contributed by atoms with E-state index in [0.29, 0.717) is 23.6 Å². The molecule has 6 nitrogen and oxygen atoms in total. The minimum Gasteiger partial charge on any atom is -0.494 e. The molecule has 1 aliphatic rings. The zero-order valence-electron chi connectivity index (χ0n) is 16.6. The van der Waals surface area contributed by atoms with E-state index >= 15 is 0 Å². The number of benzene rings is 2. The molecule has 1 aliphatic carbocycles. The first-order valence-corrected chi connectivity index (χ1v) is 10.1. The van der Waals surface area contributed by atoms with Crippen LogP contribution in [0, 0.1) is 12.8 Å². The van der Waals surface area contributed by atoms with E-state index in [9.17, 15) is 9.59 Å². The zero-order valence-corrected chi connectivity index (χ0v) is 17.4. The van der Waals surface area contributed by atoms with Crippen molar-refractivity contribution in [2.24, 2.45) is 5.92 Å². The number of nitrogens with one attached hydrogen (secondary N) is 3. The van der Waals surface area contributed by atoms with Gasteiger partial charge in [-0.05, 0) is 74.3 Å². The van der Waals surface area contributed by atoms with Crippen molar-refractivity contribution in [1.29, 1.82) is 0 Å². The minimum absolute atomic E-state index is 0.0475. The van der Waals surface area contributed by atoms with Crippen LogP contribution in [0.15, 0.2) is 42.5 Å². The number of hydrogen-bond donors (Lipinski definition) is 3. The van der Waals surface area contributed by atoms with Crippen LogP contribution in [0.25, 0.3) is 0 Å². The summed E-state index contributed by atoms with van der Waals surface area (Å²) in [4.78, 5) is 24.5. The van der Waals surface area contributed by atoms with Crippen molar-refractivity contribution < 1.29 is 14.3 Å². The van der Waals surface area contributed by atoms with Gasteiger partial charge in [0.1, 0.15) is 5.75 Å². The Morgan fingerprint density at radius 1 is 1.14 bits per heavy atom. The van der Waals surface area contributed by atoms with Crippen molar-refractivity contribution in [3.63, 3.8) is 0 Å². The third-order valence-electron chi connectivity index (χ3n) is 4.50.